The standard InChI is InChI=1S/C24H25N7O3/c1-17(34-19-8-4-3-5-9-19)24(32)30-13-11-29(12-14-30)22-21-23(26-16-25-22)31(28-27-21)18-7-6-10-20(15-18)33-2/h3-10,15-17H,11-14H2,1-2H3/t17-/m0/s1. The Kier molecular flexibility index (Phi) is 5.94. The second-order valence-corrected chi connectivity index (χ2v) is 7.96. The zero-order chi connectivity index (χ0) is 23.5. The van der Waals surface area contributed by atoms with Crippen molar-refractivity contribution >= 4 is 22.9 Å². The predicted octanol–water partition coefficient (Wildman–Crippen LogP) is 2.34. The fourth-order valence-electron chi connectivity index (χ4n) is 4.03. The first kappa shape index (κ1) is 21.6. The predicted molar refractivity (Wildman–Crippen MR) is 126 cm³/mol. The Hall–Kier alpha value is -4.21. The first-order valence-electron chi connectivity index (χ1n) is 11.1. The second kappa shape index (κ2) is 9.34. The van der Waals surface area contributed by atoms with E-state index in [4.69, 9.17) is 9.47 Å². The first-order valence-corrected chi connectivity index (χ1v) is 11.1. The van der Waals surface area contributed by atoms with Crippen molar-refractivity contribution in [2.24, 2.45) is 0 Å². The van der Waals surface area contributed by atoms with Gasteiger partial charge in [0, 0.05) is 32.2 Å². The number of carbonyl (C=O) groups is 1. The number of nitrogens with zero attached hydrogens (tertiary/aromatic N) is 7. The third kappa shape index (κ3) is 4.21. The average Bonchev–Trinajstić information content (AvgIpc) is 3.33. The van der Waals surface area contributed by atoms with E-state index in [-0.39, 0.29) is 5.91 Å². The highest BCUT2D eigenvalue weighted by molar-refractivity contribution is 5.84. The van der Waals surface area contributed by atoms with Crippen molar-refractivity contribution in [2.75, 3.05) is 38.2 Å². The summed E-state index contributed by atoms with van der Waals surface area (Å²) in [7, 11) is 1.62. The normalized spacial score (nSPS) is 14.8. The van der Waals surface area contributed by atoms with Crippen LogP contribution in [0.2, 0.25) is 0 Å². The summed E-state index contributed by atoms with van der Waals surface area (Å²) in [4.78, 5) is 25.7. The summed E-state index contributed by atoms with van der Waals surface area (Å²) in [6.07, 6.45) is 0.966. The average molecular weight is 460 g/mol. The van der Waals surface area contributed by atoms with Gasteiger partial charge in [0.25, 0.3) is 5.91 Å². The van der Waals surface area contributed by atoms with E-state index in [1.807, 2.05) is 59.5 Å². The Balaban J connectivity index is 1.29. The molecule has 0 aliphatic carbocycles. The van der Waals surface area contributed by atoms with Crippen molar-refractivity contribution in [1.82, 2.24) is 29.9 Å². The van der Waals surface area contributed by atoms with Gasteiger partial charge in [0.05, 0.1) is 12.8 Å². The smallest absolute Gasteiger partial charge is 0.263 e. The number of hydrogen-bond donors (Lipinski definition) is 0. The van der Waals surface area contributed by atoms with E-state index in [1.54, 1.807) is 18.7 Å². The van der Waals surface area contributed by atoms with Crippen LogP contribution in [-0.4, -0.2) is 75.2 Å². The molecule has 1 atom stereocenters. The Morgan fingerprint density at radius 1 is 0.971 bits per heavy atom. The minimum atomic E-state index is -0.553. The largest absolute Gasteiger partial charge is 0.497 e. The molecule has 4 aromatic rings. The quantitative estimate of drug-likeness (QED) is 0.433. The second-order valence-electron chi connectivity index (χ2n) is 7.96. The lowest BCUT2D eigenvalue weighted by Gasteiger charge is -2.36. The van der Waals surface area contributed by atoms with Crippen molar-refractivity contribution < 1.29 is 14.3 Å². The van der Waals surface area contributed by atoms with E-state index in [2.05, 4.69) is 25.2 Å². The highest BCUT2D eigenvalue weighted by atomic mass is 16.5. The van der Waals surface area contributed by atoms with Gasteiger partial charge in [-0.2, -0.15) is 4.68 Å². The van der Waals surface area contributed by atoms with Gasteiger partial charge in [-0.15, -0.1) is 5.10 Å². The third-order valence-corrected chi connectivity index (χ3v) is 5.81. The SMILES string of the molecule is COc1cccc(-n2nnc3c(N4CCN(C(=O)[C@H](C)Oc5ccccc5)CC4)ncnc32)c1. The molecular weight excluding hydrogens is 434 g/mol. The fourth-order valence-corrected chi connectivity index (χ4v) is 4.03. The van der Waals surface area contributed by atoms with Crippen LogP contribution in [0.4, 0.5) is 5.82 Å². The molecule has 1 fully saturated rings. The number of piperazine rings is 1. The van der Waals surface area contributed by atoms with E-state index < -0.39 is 6.10 Å². The number of rotatable bonds is 6. The Labute approximate surface area is 196 Å². The Morgan fingerprint density at radius 2 is 1.74 bits per heavy atom. The molecule has 10 nitrogen and oxygen atoms in total. The fraction of sp³-hybridized carbons (Fsp3) is 0.292. The molecule has 0 spiro atoms. The van der Waals surface area contributed by atoms with E-state index in [0.29, 0.717) is 48.9 Å². The van der Waals surface area contributed by atoms with Gasteiger partial charge in [0.2, 0.25) is 0 Å². The van der Waals surface area contributed by atoms with Crippen LogP contribution in [-0.2, 0) is 4.79 Å². The molecule has 174 valence electrons. The van der Waals surface area contributed by atoms with Crippen LogP contribution in [0.5, 0.6) is 11.5 Å². The van der Waals surface area contributed by atoms with Gasteiger partial charge in [0.15, 0.2) is 23.1 Å². The van der Waals surface area contributed by atoms with Crippen molar-refractivity contribution in [3.05, 3.63) is 60.9 Å². The maximum absolute atomic E-state index is 12.9. The Morgan fingerprint density at radius 3 is 2.50 bits per heavy atom. The molecular formula is C24H25N7O3. The number of para-hydroxylation sites is 1. The topological polar surface area (TPSA) is 98.5 Å². The summed E-state index contributed by atoms with van der Waals surface area (Å²) in [5.74, 6) is 2.09. The highest BCUT2D eigenvalue weighted by Crippen LogP contribution is 2.25. The van der Waals surface area contributed by atoms with Crippen molar-refractivity contribution in [2.45, 2.75) is 13.0 Å². The zero-order valence-electron chi connectivity index (χ0n) is 19.0. The van der Waals surface area contributed by atoms with Gasteiger partial charge in [-0.1, -0.05) is 29.5 Å². The molecule has 2 aromatic heterocycles. The summed E-state index contributed by atoms with van der Waals surface area (Å²) < 4.78 is 12.8. The maximum atomic E-state index is 12.9. The summed E-state index contributed by atoms with van der Waals surface area (Å²) in [6.45, 7) is 4.17. The minimum absolute atomic E-state index is 0.0275. The first-order chi connectivity index (χ1) is 16.6. The molecule has 1 aliphatic rings. The van der Waals surface area contributed by atoms with Gasteiger partial charge >= 0.3 is 0 Å². The number of fused-ring (bicyclic) bond motifs is 1. The highest BCUT2D eigenvalue weighted by Gasteiger charge is 2.28. The number of amides is 1. The molecule has 0 N–H and O–H groups in total. The van der Waals surface area contributed by atoms with Gasteiger partial charge in [-0.25, -0.2) is 9.97 Å². The molecule has 3 heterocycles. The number of methoxy groups -OCH3 is 1. The molecule has 10 heteroatoms. The monoisotopic (exact) mass is 459 g/mol. The van der Waals surface area contributed by atoms with Gasteiger partial charge in [-0.3, -0.25) is 4.79 Å². The lowest BCUT2D eigenvalue weighted by Crippen LogP contribution is -2.52. The summed E-state index contributed by atoms with van der Waals surface area (Å²) in [5, 5.41) is 8.66. The number of anilines is 1. The summed E-state index contributed by atoms with van der Waals surface area (Å²) in [5.41, 5.74) is 2.03. The molecule has 0 radical (unpaired) electrons. The summed E-state index contributed by atoms with van der Waals surface area (Å²) in [6, 6.07) is 16.9. The van der Waals surface area contributed by atoms with Crippen LogP contribution in [0, 0.1) is 0 Å². The van der Waals surface area contributed by atoms with Crippen molar-refractivity contribution in [3.63, 3.8) is 0 Å². The van der Waals surface area contributed by atoms with Crippen LogP contribution in [0.3, 0.4) is 0 Å². The number of benzene rings is 2. The molecule has 0 saturated carbocycles. The molecule has 0 bridgehead atoms. The van der Waals surface area contributed by atoms with Gasteiger partial charge < -0.3 is 19.3 Å². The number of ether oxygens (including phenoxy) is 2. The van der Waals surface area contributed by atoms with Crippen LogP contribution in [0.25, 0.3) is 16.9 Å². The molecule has 34 heavy (non-hydrogen) atoms. The van der Waals surface area contributed by atoms with E-state index >= 15 is 0 Å². The van der Waals surface area contributed by atoms with Crippen LogP contribution >= 0.6 is 0 Å². The van der Waals surface area contributed by atoms with E-state index in [9.17, 15) is 4.79 Å². The Bertz CT molecular complexity index is 1290. The lowest BCUT2D eigenvalue weighted by atomic mass is 10.2. The molecule has 2 aromatic carbocycles. The molecule has 1 saturated heterocycles. The van der Waals surface area contributed by atoms with Crippen LogP contribution in [0.1, 0.15) is 6.92 Å². The van der Waals surface area contributed by atoms with E-state index in [0.717, 1.165) is 11.4 Å². The third-order valence-electron chi connectivity index (χ3n) is 5.81. The van der Waals surface area contributed by atoms with Gasteiger partial charge in [0.1, 0.15) is 17.8 Å². The number of hydrogen-bond acceptors (Lipinski definition) is 8. The van der Waals surface area contributed by atoms with E-state index in [1.165, 1.54) is 6.33 Å². The van der Waals surface area contributed by atoms with Crippen molar-refractivity contribution in [3.8, 4) is 17.2 Å². The van der Waals surface area contributed by atoms with Gasteiger partial charge in [-0.05, 0) is 31.2 Å². The minimum Gasteiger partial charge on any atom is -0.497 e. The number of carbonyl (C=O) groups excluding carboxylic acids is 1. The van der Waals surface area contributed by atoms with Crippen molar-refractivity contribution in [1.29, 1.82) is 0 Å². The summed E-state index contributed by atoms with van der Waals surface area (Å²) >= 11 is 0. The lowest BCUT2D eigenvalue weighted by molar-refractivity contribution is -0.138. The molecule has 5 rings (SSSR count). The van der Waals surface area contributed by atoms with Crippen LogP contribution < -0.4 is 14.4 Å². The maximum Gasteiger partial charge on any atom is 0.263 e. The molecule has 1 aliphatic heterocycles. The molecule has 1 amide bonds. The number of aromatic nitrogens is 5. The zero-order valence-corrected chi connectivity index (χ0v) is 19.0. The molecule has 0 unspecified atom stereocenters. The van der Waals surface area contributed by atoms with Crippen LogP contribution in [0.15, 0.2) is 60.9 Å².